The number of carbonyl (C=O) groups is 2. The molecule has 0 saturated heterocycles. The Kier molecular flexibility index (Phi) is 4.37. The van der Waals surface area contributed by atoms with Crippen LogP contribution in [0.15, 0.2) is 24.4 Å². The molecular formula is C16H15N3O4. The van der Waals surface area contributed by atoms with Crippen LogP contribution in [0.25, 0.3) is 5.69 Å². The summed E-state index contributed by atoms with van der Waals surface area (Å²) in [6, 6.07) is 6.90. The summed E-state index contributed by atoms with van der Waals surface area (Å²) < 4.78 is 10.9. The topological polar surface area (TPSA) is 107 Å². The lowest BCUT2D eigenvalue weighted by Crippen LogP contribution is -2.12. The van der Waals surface area contributed by atoms with E-state index in [9.17, 15) is 9.59 Å². The number of nitrogens with zero attached hydrogens (tertiary/aromatic N) is 2. The molecular weight excluding hydrogens is 298 g/mol. The second-order valence-corrected chi connectivity index (χ2v) is 4.77. The van der Waals surface area contributed by atoms with Crippen molar-refractivity contribution in [3.8, 4) is 11.8 Å². The van der Waals surface area contributed by atoms with Crippen LogP contribution < -0.4 is 5.73 Å². The molecule has 0 radical (unpaired) electrons. The Labute approximate surface area is 132 Å². The van der Waals surface area contributed by atoms with Crippen LogP contribution in [0.3, 0.4) is 0 Å². The van der Waals surface area contributed by atoms with Crippen LogP contribution in [0.1, 0.15) is 32.0 Å². The summed E-state index contributed by atoms with van der Waals surface area (Å²) in [7, 11) is 2.51. The first-order valence-electron chi connectivity index (χ1n) is 6.63. The second-order valence-electron chi connectivity index (χ2n) is 4.77. The predicted octanol–water partition coefficient (Wildman–Crippen LogP) is 1.81. The maximum absolute atomic E-state index is 12.0. The number of carbonyl (C=O) groups excluding carboxylic acids is 2. The van der Waals surface area contributed by atoms with E-state index in [1.807, 2.05) is 6.07 Å². The molecule has 0 spiro atoms. The van der Waals surface area contributed by atoms with Gasteiger partial charge in [0.05, 0.1) is 31.0 Å². The van der Waals surface area contributed by atoms with Crippen molar-refractivity contribution in [1.29, 1.82) is 5.26 Å². The van der Waals surface area contributed by atoms with Crippen molar-refractivity contribution >= 4 is 17.6 Å². The monoisotopic (exact) mass is 313 g/mol. The molecule has 2 aromatic rings. The van der Waals surface area contributed by atoms with E-state index in [4.69, 9.17) is 20.5 Å². The zero-order valence-electron chi connectivity index (χ0n) is 12.9. The maximum Gasteiger partial charge on any atom is 0.357 e. The molecule has 1 aromatic carbocycles. The van der Waals surface area contributed by atoms with Crippen molar-refractivity contribution in [1.82, 2.24) is 4.57 Å². The molecule has 0 unspecified atom stereocenters. The van der Waals surface area contributed by atoms with E-state index >= 15 is 0 Å². The fourth-order valence-corrected chi connectivity index (χ4v) is 2.21. The van der Waals surface area contributed by atoms with E-state index in [1.165, 1.54) is 25.0 Å². The minimum atomic E-state index is -0.677. The first-order chi connectivity index (χ1) is 10.9. The zero-order chi connectivity index (χ0) is 17.1. The highest BCUT2D eigenvalue weighted by Gasteiger charge is 2.22. The number of aromatic nitrogens is 1. The van der Waals surface area contributed by atoms with E-state index in [0.717, 1.165) is 5.56 Å². The number of ether oxygens (including phenoxy) is 2. The average molecular weight is 313 g/mol. The molecule has 2 rings (SSSR count). The van der Waals surface area contributed by atoms with Crippen LogP contribution in [0.4, 0.5) is 5.69 Å². The van der Waals surface area contributed by atoms with Gasteiger partial charge in [-0.1, -0.05) is 6.07 Å². The fraction of sp³-hybridized carbons (Fsp3) is 0.188. The third-order valence-electron chi connectivity index (χ3n) is 3.45. The molecule has 0 fully saturated rings. The van der Waals surface area contributed by atoms with Gasteiger partial charge in [-0.2, -0.15) is 5.26 Å². The average Bonchev–Trinajstić information content (AvgIpc) is 2.90. The van der Waals surface area contributed by atoms with Gasteiger partial charge in [-0.05, 0) is 24.6 Å². The van der Waals surface area contributed by atoms with E-state index in [1.54, 1.807) is 25.1 Å². The van der Waals surface area contributed by atoms with Crippen molar-refractivity contribution in [3.05, 3.63) is 46.8 Å². The third kappa shape index (κ3) is 2.74. The Morgan fingerprint density at radius 1 is 1.22 bits per heavy atom. The molecule has 0 aliphatic carbocycles. The minimum Gasteiger partial charge on any atom is -0.465 e. The lowest BCUT2D eigenvalue weighted by Gasteiger charge is -2.11. The number of nitriles is 1. The Balaban J connectivity index is 2.70. The molecule has 1 aromatic heterocycles. The van der Waals surface area contributed by atoms with Gasteiger partial charge < -0.3 is 19.8 Å². The van der Waals surface area contributed by atoms with Crippen LogP contribution in [0.5, 0.6) is 0 Å². The van der Waals surface area contributed by atoms with E-state index in [2.05, 4.69) is 0 Å². The van der Waals surface area contributed by atoms with Crippen molar-refractivity contribution in [2.75, 3.05) is 20.0 Å². The van der Waals surface area contributed by atoms with E-state index < -0.39 is 11.9 Å². The van der Waals surface area contributed by atoms with E-state index in [0.29, 0.717) is 11.3 Å². The standard InChI is InChI=1S/C16H15N3O4/c1-9-4-5-11(6-12(9)15(20)22-2)19-8-10(7-17)13(18)14(19)16(21)23-3/h4-6,8H,18H2,1-3H3. The van der Waals surface area contributed by atoms with Crippen molar-refractivity contribution in [3.63, 3.8) is 0 Å². The number of hydrogen-bond donors (Lipinski definition) is 1. The van der Waals surface area contributed by atoms with Crippen molar-refractivity contribution in [2.45, 2.75) is 6.92 Å². The number of aryl methyl sites for hydroxylation is 1. The first kappa shape index (κ1) is 16.1. The molecule has 1 heterocycles. The predicted molar refractivity (Wildman–Crippen MR) is 82.3 cm³/mol. The molecule has 118 valence electrons. The summed E-state index contributed by atoms with van der Waals surface area (Å²) in [5.74, 6) is -1.17. The smallest absolute Gasteiger partial charge is 0.357 e. The molecule has 0 bridgehead atoms. The summed E-state index contributed by atoms with van der Waals surface area (Å²) in [6.45, 7) is 1.77. The Bertz CT molecular complexity index is 831. The molecule has 7 heteroatoms. The van der Waals surface area contributed by atoms with Crippen molar-refractivity contribution < 1.29 is 19.1 Å². The number of anilines is 1. The summed E-state index contributed by atoms with van der Waals surface area (Å²) in [5.41, 5.74) is 7.62. The quantitative estimate of drug-likeness (QED) is 0.866. The van der Waals surface area contributed by atoms with Gasteiger partial charge in [0.1, 0.15) is 6.07 Å². The van der Waals surface area contributed by atoms with Crippen LogP contribution in [0, 0.1) is 18.3 Å². The summed E-state index contributed by atoms with van der Waals surface area (Å²) >= 11 is 0. The van der Waals surface area contributed by atoms with Gasteiger partial charge in [-0.3, -0.25) is 0 Å². The Morgan fingerprint density at radius 3 is 2.43 bits per heavy atom. The number of hydrogen-bond acceptors (Lipinski definition) is 6. The number of nitrogen functional groups attached to an aromatic ring is 1. The number of esters is 2. The van der Waals surface area contributed by atoms with Gasteiger partial charge in [0.25, 0.3) is 0 Å². The highest BCUT2D eigenvalue weighted by atomic mass is 16.5. The maximum atomic E-state index is 12.0. The highest BCUT2D eigenvalue weighted by molar-refractivity contribution is 5.96. The van der Waals surface area contributed by atoms with Gasteiger partial charge in [-0.15, -0.1) is 0 Å². The molecule has 0 aliphatic rings. The van der Waals surface area contributed by atoms with Crippen LogP contribution in [0.2, 0.25) is 0 Å². The number of rotatable bonds is 3. The van der Waals surface area contributed by atoms with Crippen molar-refractivity contribution in [2.24, 2.45) is 0 Å². The van der Waals surface area contributed by atoms with Gasteiger partial charge in [0.15, 0.2) is 5.69 Å². The SMILES string of the molecule is COC(=O)c1cc(-n2cc(C#N)c(N)c2C(=O)OC)ccc1C. The zero-order valence-corrected chi connectivity index (χ0v) is 12.9. The minimum absolute atomic E-state index is 0.0274. The van der Waals surface area contributed by atoms with Gasteiger partial charge in [0.2, 0.25) is 0 Å². The van der Waals surface area contributed by atoms with Crippen LogP contribution in [-0.2, 0) is 9.47 Å². The molecule has 0 atom stereocenters. The molecule has 2 N–H and O–H groups in total. The first-order valence-corrected chi connectivity index (χ1v) is 6.63. The number of methoxy groups -OCH3 is 2. The number of nitrogens with two attached hydrogens (primary N) is 1. The molecule has 23 heavy (non-hydrogen) atoms. The van der Waals surface area contributed by atoms with Gasteiger partial charge in [-0.25, -0.2) is 9.59 Å². The second kappa shape index (κ2) is 6.23. The fourth-order valence-electron chi connectivity index (χ4n) is 2.21. The van der Waals surface area contributed by atoms with Gasteiger partial charge in [0, 0.05) is 11.9 Å². The van der Waals surface area contributed by atoms with Gasteiger partial charge >= 0.3 is 11.9 Å². The highest BCUT2D eigenvalue weighted by Crippen LogP contribution is 2.26. The lowest BCUT2D eigenvalue weighted by molar-refractivity contribution is 0.0588. The summed E-state index contributed by atoms with van der Waals surface area (Å²) in [4.78, 5) is 23.8. The molecule has 7 nitrogen and oxygen atoms in total. The number of benzene rings is 1. The van der Waals surface area contributed by atoms with Crippen LogP contribution in [-0.4, -0.2) is 30.7 Å². The molecule has 0 saturated carbocycles. The Morgan fingerprint density at radius 2 is 1.87 bits per heavy atom. The third-order valence-corrected chi connectivity index (χ3v) is 3.45. The Hall–Kier alpha value is -3.27. The summed E-state index contributed by atoms with van der Waals surface area (Å²) in [5, 5.41) is 9.11. The van der Waals surface area contributed by atoms with E-state index in [-0.39, 0.29) is 16.9 Å². The van der Waals surface area contributed by atoms with Crippen LogP contribution >= 0.6 is 0 Å². The largest absolute Gasteiger partial charge is 0.465 e. The summed E-state index contributed by atoms with van der Waals surface area (Å²) in [6.07, 6.45) is 1.42. The molecule has 0 aliphatic heterocycles. The lowest BCUT2D eigenvalue weighted by atomic mass is 10.1. The molecule has 0 amide bonds. The normalized spacial score (nSPS) is 10.0.